The number of ketones is 1. The van der Waals surface area contributed by atoms with Crippen LogP contribution in [0.2, 0.25) is 0 Å². The summed E-state index contributed by atoms with van der Waals surface area (Å²) in [6, 6.07) is 18.2. The van der Waals surface area contributed by atoms with Crippen LogP contribution in [0.1, 0.15) is 22.7 Å². The van der Waals surface area contributed by atoms with Crippen LogP contribution < -0.4 is 18.9 Å². The lowest BCUT2D eigenvalue weighted by molar-refractivity contribution is -0.140. The van der Waals surface area contributed by atoms with E-state index < -0.39 is 17.7 Å². The number of amides is 1. The zero-order valence-electron chi connectivity index (χ0n) is 20.5. The summed E-state index contributed by atoms with van der Waals surface area (Å²) in [5, 5.41) is 11.3. The molecule has 1 amide bonds. The predicted octanol–water partition coefficient (Wildman–Crippen LogP) is 4.34. The average molecular weight is 490 g/mol. The number of aliphatic hydroxyl groups is 1. The molecule has 3 aromatic rings. The number of carbonyl (C=O) groups excluding carboxylic acids is 2. The van der Waals surface area contributed by atoms with Crippen LogP contribution >= 0.6 is 0 Å². The lowest BCUT2D eigenvalue weighted by atomic mass is 9.94. The van der Waals surface area contributed by atoms with Crippen molar-refractivity contribution in [2.24, 2.45) is 0 Å². The van der Waals surface area contributed by atoms with E-state index >= 15 is 0 Å². The number of Topliss-reactive ketones (excluding diaryl/α,β-unsaturated/α-hetero) is 1. The Morgan fingerprint density at radius 2 is 1.50 bits per heavy atom. The second-order valence-corrected chi connectivity index (χ2v) is 8.12. The SMILES string of the molecule is COc1ccc(CN2C(=O)C(=O)/C(=C(\O)c3cccc(OC)c3)C2c2ccc(OC)c(OC)c2)cc1. The fraction of sp³-hybridized carbons (Fsp3) is 0.214. The van der Waals surface area contributed by atoms with Crippen molar-refractivity contribution in [3.8, 4) is 23.0 Å². The topological polar surface area (TPSA) is 94.5 Å². The number of nitrogens with zero attached hydrogens (tertiary/aromatic N) is 1. The lowest BCUT2D eigenvalue weighted by Crippen LogP contribution is -2.29. The van der Waals surface area contributed by atoms with Gasteiger partial charge in [-0.05, 0) is 47.5 Å². The Morgan fingerprint density at radius 1 is 0.806 bits per heavy atom. The molecule has 1 aliphatic rings. The van der Waals surface area contributed by atoms with E-state index in [4.69, 9.17) is 18.9 Å². The standard InChI is InChI=1S/C28H27NO7/c1-33-20-11-8-17(9-12-20)16-29-25(18-10-13-22(35-3)23(15-18)36-4)24(27(31)28(29)32)26(30)19-6-5-7-21(14-19)34-2/h5-15,25,30H,16H2,1-4H3/b26-24-. The number of aliphatic hydroxyl groups excluding tert-OH is 1. The average Bonchev–Trinajstić information content (AvgIpc) is 3.17. The molecule has 186 valence electrons. The second-order valence-electron chi connectivity index (χ2n) is 8.12. The minimum absolute atomic E-state index is 0.0195. The molecule has 1 heterocycles. The van der Waals surface area contributed by atoms with E-state index in [-0.39, 0.29) is 17.9 Å². The molecule has 4 rings (SSSR count). The summed E-state index contributed by atoms with van der Waals surface area (Å²) < 4.78 is 21.3. The number of hydrogen-bond acceptors (Lipinski definition) is 7. The molecule has 1 saturated heterocycles. The lowest BCUT2D eigenvalue weighted by Gasteiger charge is -2.26. The van der Waals surface area contributed by atoms with Gasteiger partial charge < -0.3 is 29.0 Å². The Hall–Kier alpha value is -4.46. The van der Waals surface area contributed by atoms with Gasteiger partial charge in [0, 0.05) is 12.1 Å². The number of hydrogen-bond donors (Lipinski definition) is 1. The zero-order chi connectivity index (χ0) is 25.8. The largest absolute Gasteiger partial charge is 0.507 e. The molecule has 1 atom stereocenters. The van der Waals surface area contributed by atoms with E-state index in [1.54, 1.807) is 61.7 Å². The van der Waals surface area contributed by atoms with Crippen molar-refractivity contribution in [2.75, 3.05) is 28.4 Å². The first-order valence-electron chi connectivity index (χ1n) is 11.2. The Labute approximate surface area is 209 Å². The van der Waals surface area contributed by atoms with Crippen LogP contribution in [0.3, 0.4) is 0 Å². The quantitative estimate of drug-likeness (QED) is 0.286. The molecule has 0 saturated carbocycles. The highest BCUT2D eigenvalue weighted by Crippen LogP contribution is 2.43. The van der Waals surface area contributed by atoms with Gasteiger partial charge in [-0.1, -0.05) is 30.3 Å². The number of likely N-dealkylation sites (tertiary alicyclic amines) is 1. The van der Waals surface area contributed by atoms with E-state index in [0.29, 0.717) is 34.1 Å². The number of benzene rings is 3. The number of carbonyl (C=O) groups is 2. The molecular formula is C28H27NO7. The number of methoxy groups -OCH3 is 4. The van der Waals surface area contributed by atoms with Crippen molar-refractivity contribution in [2.45, 2.75) is 12.6 Å². The zero-order valence-corrected chi connectivity index (χ0v) is 20.5. The fourth-order valence-corrected chi connectivity index (χ4v) is 4.27. The summed E-state index contributed by atoms with van der Waals surface area (Å²) in [7, 11) is 6.11. The van der Waals surface area contributed by atoms with Crippen LogP contribution in [-0.4, -0.2) is 50.1 Å². The van der Waals surface area contributed by atoms with Gasteiger partial charge in [-0.15, -0.1) is 0 Å². The van der Waals surface area contributed by atoms with Gasteiger partial charge in [0.05, 0.1) is 40.1 Å². The van der Waals surface area contributed by atoms with Crippen LogP contribution in [0.25, 0.3) is 5.76 Å². The van der Waals surface area contributed by atoms with Crippen molar-refractivity contribution in [1.29, 1.82) is 0 Å². The van der Waals surface area contributed by atoms with Crippen molar-refractivity contribution < 1.29 is 33.6 Å². The Morgan fingerprint density at radius 3 is 2.14 bits per heavy atom. The van der Waals surface area contributed by atoms with Gasteiger partial charge in [-0.25, -0.2) is 0 Å². The van der Waals surface area contributed by atoms with Crippen molar-refractivity contribution in [3.05, 3.63) is 89.0 Å². The Bertz CT molecular complexity index is 1310. The van der Waals surface area contributed by atoms with E-state index in [0.717, 1.165) is 5.56 Å². The first-order chi connectivity index (χ1) is 17.4. The summed E-state index contributed by atoms with van der Waals surface area (Å²) in [5.41, 5.74) is 1.73. The van der Waals surface area contributed by atoms with E-state index in [1.165, 1.54) is 26.2 Å². The maximum absolute atomic E-state index is 13.3. The summed E-state index contributed by atoms with van der Waals surface area (Å²) in [5.74, 6) is 0.347. The van der Waals surface area contributed by atoms with Crippen LogP contribution in [0.4, 0.5) is 0 Å². The maximum Gasteiger partial charge on any atom is 0.295 e. The van der Waals surface area contributed by atoms with Crippen LogP contribution in [0, 0.1) is 0 Å². The van der Waals surface area contributed by atoms with Crippen molar-refractivity contribution in [3.63, 3.8) is 0 Å². The molecule has 36 heavy (non-hydrogen) atoms. The van der Waals surface area contributed by atoms with Gasteiger partial charge >= 0.3 is 0 Å². The molecule has 1 unspecified atom stereocenters. The number of rotatable bonds is 8. The summed E-state index contributed by atoms with van der Waals surface area (Å²) in [4.78, 5) is 28.1. The molecule has 0 radical (unpaired) electrons. The predicted molar refractivity (Wildman–Crippen MR) is 133 cm³/mol. The van der Waals surface area contributed by atoms with Crippen LogP contribution in [-0.2, 0) is 16.1 Å². The molecule has 1 fully saturated rings. The molecule has 8 nitrogen and oxygen atoms in total. The third kappa shape index (κ3) is 4.57. The smallest absolute Gasteiger partial charge is 0.295 e. The monoisotopic (exact) mass is 489 g/mol. The summed E-state index contributed by atoms with van der Waals surface area (Å²) in [6.07, 6.45) is 0. The molecule has 1 N–H and O–H groups in total. The van der Waals surface area contributed by atoms with Gasteiger partial charge in [-0.2, -0.15) is 0 Å². The fourth-order valence-electron chi connectivity index (χ4n) is 4.27. The molecule has 0 spiro atoms. The molecular weight excluding hydrogens is 462 g/mol. The molecule has 0 bridgehead atoms. The van der Waals surface area contributed by atoms with Gasteiger partial charge in [0.1, 0.15) is 17.3 Å². The van der Waals surface area contributed by atoms with Gasteiger partial charge in [0.25, 0.3) is 11.7 Å². The maximum atomic E-state index is 13.3. The molecule has 8 heteroatoms. The van der Waals surface area contributed by atoms with Crippen LogP contribution in [0.5, 0.6) is 23.0 Å². The first-order valence-corrected chi connectivity index (χ1v) is 11.2. The van der Waals surface area contributed by atoms with Gasteiger partial charge in [-0.3, -0.25) is 9.59 Å². The normalized spacial score (nSPS) is 16.7. The molecule has 0 aliphatic carbocycles. The Kier molecular flexibility index (Phi) is 7.15. The summed E-state index contributed by atoms with van der Waals surface area (Å²) >= 11 is 0. The second kappa shape index (κ2) is 10.4. The van der Waals surface area contributed by atoms with E-state index in [2.05, 4.69) is 0 Å². The minimum Gasteiger partial charge on any atom is -0.507 e. The molecule has 0 aromatic heterocycles. The molecule has 1 aliphatic heterocycles. The van der Waals surface area contributed by atoms with Crippen molar-refractivity contribution >= 4 is 17.4 Å². The molecule has 3 aromatic carbocycles. The highest BCUT2D eigenvalue weighted by Gasteiger charge is 2.46. The van der Waals surface area contributed by atoms with Crippen molar-refractivity contribution in [1.82, 2.24) is 4.90 Å². The third-order valence-corrected chi connectivity index (χ3v) is 6.12. The third-order valence-electron chi connectivity index (χ3n) is 6.12. The van der Waals surface area contributed by atoms with Gasteiger partial charge in [0.2, 0.25) is 0 Å². The first kappa shape index (κ1) is 24.7. The minimum atomic E-state index is -0.863. The van der Waals surface area contributed by atoms with E-state index in [9.17, 15) is 14.7 Å². The van der Waals surface area contributed by atoms with E-state index in [1.807, 2.05) is 12.1 Å². The van der Waals surface area contributed by atoms with Crippen LogP contribution in [0.15, 0.2) is 72.3 Å². The number of ether oxygens (including phenoxy) is 4. The Balaban J connectivity index is 1.87. The highest BCUT2D eigenvalue weighted by molar-refractivity contribution is 6.46. The summed E-state index contributed by atoms with van der Waals surface area (Å²) in [6.45, 7) is 0.141. The highest BCUT2D eigenvalue weighted by atomic mass is 16.5. The van der Waals surface area contributed by atoms with Gasteiger partial charge in [0.15, 0.2) is 11.5 Å².